The zero-order chi connectivity index (χ0) is 30.6. The van der Waals surface area contributed by atoms with Crippen molar-refractivity contribution in [1.82, 2.24) is 0 Å². The van der Waals surface area contributed by atoms with E-state index in [2.05, 4.69) is 27.0 Å². The van der Waals surface area contributed by atoms with Gasteiger partial charge in [0.15, 0.2) is 0 Å². The molecule has 0 fully saturated rings. The molecule has 0 unspecified atom stereocenters. The van der Waals surface area contributed by atoms with Gasteiger partial charge in [-0.2, -0.15) is 0 Å². The number of carboxylic acids is 1. The number of thiophene rings is 2. The predicted molar refractivity (Wildman–Crippen MR) is 173 cm³/mol. The van der Waals surface area contributed by atoms with Crippen LogP contribution >= 0.6 is 46.2 Å². The van der Waals surface area contributed by atoms with Gasteiger partial charge in [-0.3, -0.25) is 9.59 Å². The molecular formula is C30H38O6S4. The summed E-state index contributed by atoms with van der Waals surface area (Å²) in [5.41, 5.74) is 1.15. The van der Waals surface area contributed by atoms with Crippen LogP contribution < -0.4 is 0 Å². The molecule has 0 saturated carbocycles. The third-order valence-electron chi connectivity index (χ3n) is 5.59. The summed E-state index contributed by atoms with van der Waals surface area (Å²) in [5.74, 6) is -1.69. The SMILES string of the molecule is C=C(S/C(=C\C)C(=O)O)c1cc(CC(=O)OC)c(C(C)(C)/C(=C/C)SC(=C)c2sccc2CC(=O)OC)s1.CC. The Labute approximate surface area is 254 Å². The van der Waals surface area contributed by atoms with Gasteiger partial charge in [-0.25, -0.2) is 4.79 Å². The molecule has 6 nitrogen and oxygen atoms in total. The minimum atomic E-state index is -1.02. The standard InChI is InChI=1S/C28H32O6S4.C2H6/c1-9-20(27(31)32)36-16(3)21-13-19(15-24(30)34-8)26(38-21)28(5,6)22(10-2)37-17(4)25-18(11-12-35-25)14-23(29)33-7;1-2/h9-13H,3-4,14-15H2,1-2,5-8H3,(H,31,32);1-2H3/b20-9-,22-10-;. The molecule has 1 N–H and O–H groups in total. The smallest absolute Gasteiger partial charge is 0.342 e. The average molecular weight is 623 g/mol. The second-order valence-electron chi connectivity index (χ2n) is 8.53. The van der Waals surface area contributed by atoms with Crippen LogP contribution in [0.1, 0.15) is 67.3 Å². The summed E-state index contributed by atoms with van der Waals surface area (Å²) in [6, 6.07) is 3.80. The number of carboxylic acid groups (broad SMARTS) is 1. The molecule has 0 amide bonds. The van der Waals surface area contributed by atoms with Crippen LogP contribution in [0.3, 0.4) is 0 Å². The highest BCUT2D eigenvalue weighted by Crippen LogP contribution is 2.50. The molecular weight excluding hydrogens is 585 g/mol. The third-order valence-corrected chi connectivity index (χ3v) is 10.9. The maximum atomic E-state index is 12.3. The molecule has 0 atom stereocenters. The maximum Gasteiger partial charge on any atom is 0.342 e. The Morgan fingerprint density at radius 2 is 1.55 bits per heavy atom. The van der Waals surface area contributed by atoms with Crippen molar-refractivity contribution in [2.24, 2.45) is 0 Å². The number of hydrogen-bond donors (Lipinski definition) is 1. The summed E-state index contributed by atoms with van der Waals surface area (Å²) in [6.07, 6.45) is 3.81. The molecule has 10 heteroatoms. The van der Waals surface area contributed by atoms with E-state index in [4.69, 9.17) is 9.47 Å². The van der Waals surface area contributed by atoms with Crippen molar-refractivity contribution in [2.75, 3.05) is 14.2 Å². The van der Waals surface area contributed by atoms with E-state index in [0.29, 0.717) is 4.91 Å². The highest BCUT2D eigenvalue weighted by atomic mass is 32.2. The first-order chi connectivity index (χ1) is 18.9. The number of ether oxygens (including phenoxy) is 2. The van der Waals surface area contributed by atoms with E-state index in [9.17, 15) is 19.5 Å². The summed E-state index contributed by atoms with van der Waals surface area (Å²) in [6.45, 7) is 20.2. The lowest BCUT2D eigenvalue weighted by Gasteiger charge is -2.28. The fraction of sp³-hybridized carbons (Fsp3) is 0.367. The van der Waals surface area contributed by atoms with Gasteiger partial charge in [-0.05, 0) is 47.4 Å². The molecule has 2 heterocycles. The normalized spacial score (nSPS) is 11.8. The lowest BCUT2D eigenvalue weighted by molar-refractivity contribution is -0.140. The number of thioether (sulfide) groups is 2. The molecule has 0 aromatic carbocycles. The molecule has 0 aliphatic heterocycles. The molecule has 0 bridgehead atoms. The zero-order valence-electron chi connectivity index (χ0n) is 24.3. The van der Waals surface area contributed by atoms with E-state index in [-0.39, 0.29) is 29.7 Å². The summed E-state index contributed by atoms with van der Waals surface area (Å²) < 4.78 is 9.77. The Bertz CT molecular complexity index is 1290. The first-order valence-corrected chi connectivity index (χ1v) is 15.9. The van der Waals surface area contributed by atoms with Crippen LogP contribution in [0.25, 0.3) is 9.81 Å². The predicted octanol–water partition coefficient (Wildman–Crippen LogP) is 8.54. The number of allylic oxidation sites excluding steroid dienone is 3. The Morgan fingerprint density at radius 3 is 2.05 bits per heavy atom. The van der Waals surface area contributed by atoms with Crippen molar-refractivity contribution in [2.45, 2.75) is 59.8 Å². The van der Waals surface area contributed by atoms with Crippen LogP contribution in [0, 0.1) is 0 Å². The van der Waals surface area contributed by atoms with Crippen molar-refractivity contribution in [1.29, 1.82) is 0 Å². The lowest BCUT2D eigenvalue weighted by Crippen LogP contribution is -2.20. The Morgan fingerprint density at radius 1 is 0.975 bits per heavy atom. The maximum absolute atomic E-state index is 12.3. The van der Waals surface area contributed by atoms with Gasteiger partial charge < -0.3 is 14.6 Å². The summed E-state index contributed by atoms with van der Waals surface area (Å²) in [4.78, 5) is 40.9. The number of hydrogen-bond acceptors (Lipinski definition) is 9. The van der Waals surface area contributed by atoms with Crippen molar-refractivity contribution < 1.29 is 29.0 Å². The largest absolute Gasteiger partial charge is 0.477 e. The van der Waals surface area contributed by atoms with Gasteiger partial charge in [0.2, 0.25) is 0 Å². The van der Waals surface area contributed by atoms with Gasteiger partial charge >= 0.3 is 17.9 Å². The molecule has 2 rings (SSSR count). The van der Waals surface area contributed by atoms with Crippen LogP contribution in [-0.2, 0) is 42.1 Å². The molecule has 218 valence electrons. The molecule has 0 spiro atoms. The van der Waals surface area contributed by atoms with E-state index in [1.807, 2.05) is 44.4 Å². The first kappa shape index (κ1) is 35.5. The van der Waals surface area contributed by atoms with Gasteiger partial charge in [0.25, 0.3) is 0 Å². The minimum Gasteiger partial charge on any atom is -0.477 e. The second kappa shape index (κ2) is 16.7. The van der Waals surface area contributed by atoms with Crippen LogP contribution in [-0.4, -0.2) is 37.2 Å². The molecule has 0 aliphatic rings. The summed E-state index contributed by atoms with van der Waals surface area (Å²) in [7, 11) is 2.72. The van der Waals surface area contributed by atoms with Crippen LogP contribution in [0.5, 0.6) is 0 Å². The lowest BCUT2D eigenvalue weighted by atomic mass is 9.87. The number of carbonyl (C=O) groups excluding carboxylic acids is 2. The van der Waals surface area contributed by atoms with E-state index in [1.165, 1.54) is 54.7 Å². The number of aliphatic carboxylic acids is 1. The van der Waals surface area contributed by atoms with Gasteiger partial charge in [-0.1, -0.05) is 76.5 Å². The van der Waals surface area contributed by atoms with Crippen molar-refractivity contribution in [3.05, 3.63) is 78.4 Å². The molecule has 40 heavy (non-hydrogen) atoms. The molecule has 2 aromatic heterocycles. The van der Waals surface area contributed by atoms with Gasteiger partial charge in [0.05, 0.1) is 32.0 Å². The fourth-order valence-corrected chi connectivity index (χ4v) is 7.78. The molecule has 2 aromatic rings. The van der Waals surface area contributed by atoms with Gasteiger partial charge in [0.1, 0.15) is 0 Å². The van der Waals surface area contributed by atoms with E-state index in [0.717, 1.165) is 47.3 Å². The number of esters is 2. The zero-order valence-corrected chi connectivity index (χ0v) is 27.6. The van der Waals surface area contributed by atoms with Gasteiger partial charge in [0, 0.05) is 29.9 Å². The third kappa shape index (κ3) is 9.26. The molecule has 0 aliphatic carbocycles. The highest BCUT2D eigenvalue weighted by molar-refractivity contribution is 8.12. The quantitative estimate of drug-likeness (QED) is 0.176. The molecule has 0 radical (unpaired) electrons. The average Bonchev–Trinajstić information content (AvgIpc) is 3.58. The Hall–Kier alpha value is -2.53. The minimum absolute atomic E-state index is 0.0793. The number of carbonyl (C=O) groups is 3. The molecule has 0 saturated heterocycles. The van der Waals surface area contributed by atoms with E-state index in [1.54, 1.807) is 6.92 Å². The fourth-order valence-electron chi connectivity index (χ4n) is 3.65. The van der Waals surface area contributed by atoms with Crippen molar-refractivity contribution in [3.63, 3.8) is 0 Å². The van der Waals surface area contributed by atoms with Crippen molar-refractivity contribution >= 4 is 73.9 Å². The van der Waals surface area contributed by atoms with Crippen molar-refractivity contribution in [3.8, 4) is 0 Å². The Kier molecular flexibility index (Phi) is 14.8. The van der Waals surface area contributed by atoms with Crippen LogP contribution in [0.15, 0.2) is 52.6 Å². The highest BCUT2D eigenvalue weighted by Gasteiger charge is 2.33. The first-order valence-electron chi connectivity index (χ1n) is 12.5. The van der Waals surface area contributed by atoms with Crippen LogP contribution in [0.4, 0.5) is 0 Å². The topological polar surface area (TPSA) is 89.9 Å². The summed E-state index contributed by atoms with van der Waals surface area (Å²) >= 11 is 5.61. The van der Waals surface area contributed by atoms with E-state index < -0.39 is 11.4 Å². The monoisotopic (exact) mass is 622 g/mol. The van der Waals surface area contributed by atoms with Crippen LogP contribution in [0.2, 0.25) is 0 Å². The summed E-state index contributed by atoms with van der Waals surface area (Å²) in [5, 5.41) is 11.4. The second-order valence-corrected chi connectivity index (χ2v) is 12.8. The van der Waals surface area contributed by atoms with E-state index >= 15 is 0 Å². The number of rotatable bonds is 13. The van der Waals surface area contributed by atoms with Gasteiger partial charge in [-0.15, -0.1) is 22.7 Å². The Balaban J connectivity index is 0.00000391. The number of methoxy groups -OCH3 is 2.